The number of rotatable bonds is 2. The Balaban J connectivity index is 2.09. The van der Waals surface area contributed by atoms with Gasteiger partial charge in [0.05, 0.1) is 6.54 Å². The maximum Gasteiger partial charge on any atom is 0.149 e. The van der Waals surface area contributed by atoms with Gasteiger partial charge < -0.3 is 0 Å². The molecule has 0 spiro atoms. The first kappa shape index (κ1) is 12.3. The summed E-state index contributed by atoms with van der Waals surface area (Å²) in [6.45, 7) is 7.96. The third-order valence-electron chi connectivity index (χ3n) is 4.22. The van der Waals surface area contributed by atoms with Crippen molar-refractivity contribution in [2.45, 2.75) is 33.4 Å². The summed E-state index contributed by atoms with van der Waals surface area (Å²) in [6, 6.07) is 10.9. The average molecular weight is 231 g/mol. The van der Waals surface area contributed by atoms with Crippen LogP contribution in [0, 0.1) is 11.8 Å². The van der Waals surface area contributed by atoms with Gasteiger partial charge in [-0.2, -0.15) is 0 Å². The Hall–Kier alpha value is -1.15. The second kappa shape index (κ2) is 5.01. The molecule has 3 atom stereocenters. The largest absolute Gasteiger partial charge is 0.298 e. The Kier molecular flexibility index (Phi) is 3.63. The monoisotopic (exact) mass is 231 g/mol. The lowest BCUT2D eigenvalue weighted by atomic mass is 9.82. The van der Waals surface area contributed by atoms with Gasteiger partial charge in [-0.05, 0) is 18.4 Å². The van der Waals surface area contributed by atoms with E-state index < -0.39 is 0 Å². The highest BCUT2D eigenvalue weighted by Gasteiger charge is 2.35. The van der Waals surface area contributed by atoms with E-state index in [1.807, 2.05) is 6.07 Å². The van der Waals surface area contributed by atoms with Gasteiger partial charge in [0.1, 0.15) is 5.78 Å². The number of carbonyl (C=O) groups excluding carboxylic acids is 1. The minimum absolute atomic E-state index is 0.206. The molecule has 1 aliphatic heterocycles. The first-order valence-electron chi connectivity index (χ1n) is 6.40. The number of hydrogen-bond acceptors (Lipinski definition) is 2. The molecule has 1 heterocycles. The number of carbonyl (C=O) groups is 1. The second-order valence-electron chi connectivity index (χ2n) is 5.25. The van der Waals surface area contributed by atoms with Crippen LogP contribution in [0.3, 0.4) is 0 Å². The van der Waals surface area contributed by atoms with Crippen molar-refractivity contribution in [3.05, 3.63) is 35.9 Å². The van der Waals surface area contributed by atoms with Crippen molar-refractivity contribution < 1.29 is 4.79 Å². The number of piperidine rings is 1. The molecule has 1 fully saturated rings. The fourth-order valence-corrected chi connectivity index (χ4v) is 2.55. The minimum atomic E-state index is 0.206. The van der Waals surface area contributed by atoms with E-state index in [4.69, 9.17) is 0 Å². The predicted octanol–water partition coefficient (Wildman–Crippen LogP) is 2.73. The van der Waals surface area contributed by atoms with Crippen LogP contribution in [0.15, 0.2) is 30.3 Å². The topological polar surface area (TPSA) is 20.3 Å². The smallest absolute Gasteiger partial charge is 0.149 e. The minimum Gasteiger partial charge on any atom is -0.298 e. The Bertz CT molecular complexity index is 387. The zero-order chi connectivity index (χ0) is 12.4. The molecular formula is C15H21NO. The third-order valence-corrected chi connectivity index (χ3v) is 4.22. The van der Waals surface area contributed by atoms with E-state index in [0.717, 1.165) is 6.54 Å². The van der Waals surface area contributed by atoms with Crippen LogP contribution in [0.5, 0.6) is 0 Å². The van der Waals surface area contributed by atoms with Crippen molar-refractivity contribution in [2.24, 2.45) is 11.8 Å². The van der Waals surface area contributed by atoms with Gasteiger partial charge in [-0.1, -0.05) is 44.2 Å². The molecule has 2 rings (SSSR count). The maximum atomic E-state index is 11.9. The molecule has 92 valence electrons. The molecule has 0 amide bonds. The first-order chi connectivity index (χ1) is 8.09. The molecule has 0 radical (unpaired) electrons. The predicted molar refractivity (Wildman–Crippen MR) is 69.6 cm³/mol. The molecule has 0 unspecified atom stereocenters. The fraction of sp³-hybridized carbons (Fsp3) is 0.533. The number of Topliss-reactive ketones (excluding diaryl/α,β-unsaturated/α-hetero) is 1. The summed E-state index contributed by atoms with van der Waals surface area (Å²) < 4.78 is 0. The normalized spacial score (nSPS) is 30.5. The van der Waals surface area contributed by atoms with Crippen molar-refractivity contribution in [1.29, 1.82) is 0 Å². The molecule has 0 aromatic heterocycles. The van der Waals surface area contributed by atoms with Crippen LogP contribution in [-0.4, -0.2) is 23.3 Å². The molecule has 0 aliphatic carbocycles. The molecule has 0 saturated carbocycles. The quantitative estimate of drug-likeness (QED) is 0.780. The lowest BCUT2D eigenvalue weighted by Gasteiger charge is -2.40. The molecule has 1 aromatic rings. The van der Waals surface area contributed by atoms with Crippen molar-refractivity contribution in [2.75, 3.05) is 6.54 Å². The summed E-state index contributed by atoms with van der Waals surface area (Å²) in [4.78, 5) is 14.2. The highest BCUT2D eigenvalue weighted by Crippen LogP contribution is 2.27. The highest BCUT2D eigenvalue weighted by atomic mass is 16.1. The zero-order valence-corrected chi connectivity index (χ0v) is 10.9. The van der Waals surface area contributed by atoms with Gasteiger partial charge in [0.15, 0.2) is 0 Å². The van der Waals surface area contributed by atoms with Crippen molar-refractivity contribution in [3.63, 3.8) is 0 Å². The van der Waals surface area contributed by atoms with Crippen LogP contribution in [0.2, 0.25) is 0 Å². The number of hydrogen-bond donors (Lipinski definition) is 0. The summed E-state index contributed by atoms with van der Waals surface area (Å²) in [6.07, 6.45) is 0. The van der Waals surface area contributed by atoms with Gasteiger partial charge >= 0.3 is 0 Å². The van der Waals surface area contributed by atoms with E-state index in [2.05, 4.69) is 49.9 Å². The van der Waals surface area contributed by atoms with Crippen LogP contribution in [0.25, 0.3) is 0 Å². The third kappa shape index (κ3) is 2.58. The molecule has 2 heteroatoms. The first-order valence-corrected chi connectivity index (χ1v) is 6.40. The molecular weight excluding hydrogens is 210 g/mol. The Morgan fingerprint density at radius 1 is 1.18 bits per heavy atom. The lowest BCUT2D eigenvalue weighted by molar-refractivity contribution is -0.131. The molecule has 1 aliphatic rings. The SMILES string of the molecule is C[C@@H]1[C@H](C)C(=O)CN(Cc2ccccc2)[C@H]1C. The molecule has 0 bridgehead atoms. The standard InChI is InChI=1S/C15H21NO/c1-11-12(2)15(17)10-16(13(11)3)9-14-7-5-4-6-8-14/h4-8,11-13H,9-10H2,1-3H3/t11-,12+,13+/m1/s1. The van der Waals surface area contributed by atoms with Crippen molar-refractivity contribution in [1.82, 2.24) is 4.90 Å². The summed E-state index contributed by atoms with van der Waals surface area (Å²) >= 11 is 0. The second-order valence-corrected chi connectivity index (χ2v) is 5.25. The van der Waals surface area contributed by atoms with Crippen molar-refractivity contribution >= 4 is 5.78 Å². The number of likely N-dealkylation sites (tertiary alicyclic amines) is 1. The van der Waals surface area contributed by atoms with Gasteiger partial charge in [0.2, 0.25) is 0 Å². The Morgan fingerprint density at radius 3 is 2.47 bits per heavy atom. The van der Waals surface area contributed by atoms with Crippen LogP contribution in [0.4, 0.5) is 0 Å². The fourth-order valence-electron chi connectivity index (χ4n) is 2.55. The molecule has 1 saturated heterocycles. The zero-order valence-electron chi connectivity index (χ0n) is 10.9. The highest BCUT2D eigenvalue weighted by molar-refractivity contribution is 5.83. The van der Waals surface area contributed by atoms with E-state index >= 15 is 0 Å². The summed E-state index contributed by atoms with van der Waals surface area (Å²) in [5, 5.41) is 0. The Labute approximate surface area is 104 Å². The van der Waals surface area contributed by atoms with E-state index in [-0.39, 0.29) is 5.92 Å². The van der Waals surface area contributed by atoms with Crippen LogP contribution in [0.1, 0.15) is 26.3 Å². The van der Waals surface area contributed by atoms with E-state index in [9.17, 15) is 4.79 Å². The molecule has 2 nitrogen and oxygen atoms in total. The van der Waals surface area contributed by atoms with Crippen LogP contribution < -0.4 is 0 Å². The van der Waals surface area contributed by atoms with Gasteiger partial charge in [0, 0.05) is 18.5 Å². The number of benzene rings is 1. The Morgan fingerprint density at radius 2 is 1.82 bits per heavy atom. The van der Waals surface area contributed by atoms with E-state index in [1.54, 1.807) is 0 Å². The van der Waals surface area contributed by atoms with Crippen molar-refractivity contribution in [3.8, 4) is 0 Å². The van der Waals surface area contributed by atoms with E-state index in [0.29, 0.717) is 24.3 Å². The van der Waals surface area contributed by atoms with Gasteiger partial charge in [0.25, 0.3) is 0 Å². The molecule has 1 aromatic carbocycles. The molecule has 0 N–H and O–H groups in total. The van der Waals surface area contributed by atoms with Gasteiger partial charge in [-0.3, -0.25) is 9.69 Å². The lowest BCUT2D eigenvalue weighted by Crippen LogP contribution is -2.50. The summed E-state index contributed by atoms with van der Waals surface area (Å²) in [7, 11) is 0. The molecule has 17 heavy (non-hydrogen) atoms. The summed E-state index contributed by atoms with van der Waals surface area (Å²) in [5.41, 5.74) is 1.29. The van der Waals surface area contributed by atoms with Crippen LogP contribution >= 0.6 is 0 Å². The number of ketones is 1. The van der Waals surface area contributed by atoms with Gasteiger partial charge in [-0.15, -0.1) is 0 Å². The van der Waals surface area contributed by atoms with E-state index in [1.165, 1.54) is 5.56 Å². The average Bonchev–Trinajstić information content (AvgIpc) is 2.35. The number of nitrogens with zero attached hydrogens (tertiary/aromatic N) is 1. The maximum absolute atomic E-state index is 11.9. The van der Waals surface area contributed by atoms with Crippen LogP contribution in [-0.2, 0) is 11.3 Å². The van der Waals surface area contributed by atoms with Gasteiger partial charge in [-0.25, -0.2) is 0 Å². The summed E-state index contributed by atoms with van der Waals surface area (Å²) in [5.74, 6) is 1.03.